The fourth-order valence-corrected chi connectivity index (χ4v) is 3.05. The third kappa shape index (κ3) is 4.26. The molecule has 1 aromatic heterocycles. The van der Waals surface area contributed by atoms with E-state index in [9.17, 15) is 4.79 Å². The van der Waals surface area contributed by atoms with Crippen LogP contribution >= 0.6 is 0 Å². The lowest BCUT2D eigenvalue weighted by atomic mass is 10.1. The van der Waals surface area contributed by atoms with Crippen LogP contribution in [0.15, 0.2) is 66.3 Å². The minimum absolute atomic E-state index is 0.164. The first-order valence-corrected chi connectivity index (χ1v) is 8.91. The fraction of sp³-hybridized carbons (Fsp3) is 0.182. The van der Waals surface area contributed by atoms with Gasteiger partial charge in [-0.05, 0) is 32.0 Å². The van der Waals surface area contributed by atoms with Gasteiger partial charge in [-0.1, -0.05) is 42.0 Å². The van der Waals surface area contributed by atoms with Crippen molar-refractivity contribution in [1.82, 2.24) is 9.99 Å². The van der Waals surface area contributed by atoms with Gasteiger partial charge < -0.3 is 9.88 Å². The van der Waals surface area contributed by atoms with Gasteiger partial charge in [-0.25, -0.2) is 5.43 Å². The van der Waals surface area contributed by atoms with Gasteiger partial charge in [-0.3, -0.25) is 4.79 Å². The summed E-state index contributed by atoms with van der Waals surface area (Å²) in [5.41, 5.74) is 7.89. The number of aryl methyl sites for hydroxylation is 1. The van der Waals surface area contributed by atoms with Crippen LogP contribution in [0.25, 0.3) is 10.9 Å². The summed E-state index contributed by atoms with van der Waals surface area (Å²) in [6.45, 7) is 8.80. The van der Waals surface area contributed by atoms with Crippen molar-refractivity contribution in [3.8, 4) is 0 Å². The number of nitrogens with zero attached hydrogens (tertiary/aromatic N) is 2. The van der Waals surface area contributed by atoms with Crippen molar-refractivity contribution in [2.45, 2.75) is 20.4 Å². The SMILES string of the molecule is C=CCn1c(C)c(/C=N\NC(=O)CNc2ccc(C)cc2)c2ccccc21. The zero-order chi connectivity index (χ0) is 19.2. The number of para-hydroxylation sites is 1. The summed E-state index contributed by atoms with van der Waals surface area (Å²) in [6.07, 6.45) is 3.58. The molecule has 0 atom stereocenters. The molecule has 0 saturated heterocycles. The molecule has 0 spiro atoms. The molecule has 1 amide bonds. The van der Waals surface area contributed by atoms with Crippen LogP contribution in [0, 0.1) is 13.8 Å². The van der Waals surface area contributed by atoms with E-state index >= 15 is 0 Å². The van der Waals surface area contributed by atoms with Crippen LogP contribution in [-0.4, -0.2) is 23.2 Å². The topological polar surface area (TPSA) is 58.4 Å². The van der Waals surface area contributed by atoms with Crippen molar-refractivity contribution in [1.29, 1.82) is 0 Å². The minimum atomic E-state index is -0.195. The number of hydrogen-bond donors (Lipinski definition) is 2. The highest BCUT2D eigenvalue weighted by Crippen LogP contribution is 2.24. The molecule has 0 aliphatic heterocycles. The van der Waals surface area contributed by atoms with Crippen molar-refractivity contribution in [3.05, 3.63) is 78.0 Å². The Morgan fingerprint density at radius 1 is 1.15 bits per heavy atom. The van der Waals surface area contributed by atoms with E-state index < -0.39 is 0 Å². The summed E-state index contributed by atoms with van der Waals surface area (Å²) >= 11 is 0. The molecule has 5 nitrogen and oxygen atoms in total. The molecular weight excluding hydrogens is 336 g/mol. The van der Waals surface area contributed by atoms with Crippen molar-refractivity contribution < 1.29 is 4.79 Å². The largest absolute Gasteiger partial charge is 0.376 e. The number of rotatable bonds is 7. The molecule has 0 aliphatic rings. The maximum absolute atomic E-state index is 12.0. The molecule has 0 radical (unpaired) electrons. The average Bonchev–Trinajstić information content (AvgIpc) is 2.94. The van der Waals surface area contributed by atoms with E-state index in [2.05, 4.69) is 39.1 Å². The molecule has 3 rings (SSSR count). The lowest BCUT2D eigenvalue weighted by Gasteiger charge is -2.05. The standard InChI is InChI=1S/C22H24N4O/c1-4-13-26-17(3)20(19-7-5-6-8-21(19)26)14-24-25-22(27)15-23-18-11-9-16(2)10-12-18/h4-12,14,23H,1,13,15H2,2-3H3,(H,25,27)/b24-14-. The molecule has 2 N–H and O–H groups in total. The minimum Gasteiger partial charge on any atom is -0.376 e. The number of anilines is 1. The molecule has 5 heteroatoms. The molecule has 0 bridgehead atoms. The van der Waals surface area contributed by atoms with Gasteiger partial charge >= 0.3 is 0 Å². The molecule has 2 aromatic carbocycles. The lowest BCUT2D eigenvalue weighted by Crippen LogP contribution is -2.25. The summed E-state index contributed by atoms with van der Waals surface area (Å²) in [5, 5.41) is 8.33. The number of hydrazone groups is 1. The maximum atomic E-state index is 12.0. The van der Waals surface area contributed by atoms with Gasteiger partial charge in [-0.15, -0.1) is 6.58 Å². The predicted molar refractivity (Wildman–Crippen MR) is 112 cm³/mol. The molecule has 0 unspecified atom stereocenters. The summed E-state index contributed by atoms with van der Waals surface area (Å²) in [7, 11) is 0. The average molecular weight is 360 g/mol. The normalized spacial score (nSPS) is 11.0. The predicted octanol–water partition coefficient (Wildman–Crippen LogP) is 4.01. The molecular formula is C22H24N4O. The number of carbonyl (C=O) groups is 1. The fourth-order valence-electron chi connectivity index (χ4n) is 3.05. The Labute approximate surface area is 159 Å². The lowest BCUT2D eigenvalue weighted by molar-refractivity contribution is -0.119. The Balaban J connectivity index is 1.67. The third-order valence-electron chi connectivity index (χ3n) is 4.48. The molecule has 138 valence electrons. The third-order valence-corrected chi connectivity index (χ3v) is 4.48. The summed E-state index contributed by atoms with van der Waals surface area (Å²) in [4.78, 5) is 12.0. The van der Waals surface area contributed by atoms with Crippen molar-refractivity contribution in [2.75, 3.05) is 11.9 Å². The first-order valence-electron chi connectivity index (χ1n) is 8.91. The second-order valence-corrected chi connectivity index (χ2v) is 6.43. The van der Waals surface area contributed by atoms with E-state index in [1.165, 1.54) is 5.56 Å². The molecule has 3 aromatic rings. The number of aromatic nitrogens is 1. The quantitative estimate of drug-likeness (QED) is 0.380. The van der Waals surface area contributed by atoms with E-state index in [-0.39, 0.29) is 12.5 Å². The van der Waals surface area contributed by atoms with E-state index in [1.54, 1.807) is 6.21 Å². The maximum Gasteiger partial charge on any atom is 0.259 e. The van der Waals surface area contributed by atoms with Gasteiger partial charge in [0.25, 0.3) is 5.91 Å². The van der Waals surface area contributed by atoms with E-state index in [4.69, 9.17) is 0 Å². The number of benzene rings is 2. The number of amides is 1. The van der Waals surface area contributed by atoms with Gasteiger partial charge in [0, 0.05) is 34.4 Å². The number of hydrogen-bond acceptors (Lipinski definition) is 3. The monoisotopic (exact) mass is 360 g/mol. The van der Waals surface area contributed by atoms with Crippen LogP contribution in [0.5, 0.6) is 0 Å². The second-order valence-electron chi connectivity index (χ2n) is 6.43. The van der Waals surface area contributed by atoms with Crippen molar-refractivity contribution >= 4 is 28.7 Å². The van der Waals surface area contributed by atoms with Crippen LogP contribution in [0.2, 0.25) is 0 Å². The number of fused-ring (bicyclic) bond motifs is 1. The van der Waals surface area contributed by atoms with Gasteiger partial charge in [0.05, 0.1) is 12.8 Å². The molecule has 1 heterocycles. The van der Waals surface area contributed by atoms with Gasteiger partial charge in [0.1, 0.15) is 0 Å². The molecule has 0 aliphatic carbocycles. The number of carbonyl (C=O) groups excluding carboxylic acids is 1. The Bertz CT molecular complexity index is 983. The zero-order valence-electron chi connectivity index (χ0n) is 15.7. The van der Waals surface area contributed by atoms with Crippen LogP contribution in [0.4, 0.5) is 5.69 Å². The Kier molecular flexibility index (Phi) is 5.71. The zero-order valence-corrected chi connectivity index (χ0v) is 15.7. The van der Waals surface area contributed by atoms with Crippen LogP contribution < -0.4 is 10.7 Å². The van der Waals surface area contributed by atoms with Crippen LogP contribution in [-0.2, 0) is 11.3 Å². The molecule has 0 saturated carbocycles. The van der Waals surface area contributed by atoms with E-state index in [1.807, 2.05) is 56.3 Å². The van der Waals surface area contributed by atoms with Crippen molar-refractivity contribution in [2.24, 2.45) is 5.10 Å². The summed E-state index contributed by atoms with van der Waals surface area (Å²) < 4.78 is 2.18. The van der Waals surface area contributed by atoms with Gasteiger partial charge in [0.2, 0.25) is 0 Å². The van der Waals surface area contributed by atoms with Crippen molar-refractivity contribution in [3.63, 3.8) is 0 Å². The first-order chi connectivity index (χ1) is 13.1. The smallest absolute Gasteiger partial charge is 0.259 e. The summed E-state index contributed by atoms with van der Waals surface area (Å²) in [5.74, 6) is -0.195. The highest BCUT2D eigenvalue weighted by Gasteiger charge is 2.11. The highest BCUT2D eigenvalue weighted by atomic mass is 16.2. The Morgan fingerprint density at radius 2 is 1.89 bits per heavy atom. The number of allylic oxidation sites excluding steroid dienone is 1. The number of nitrogens with one attached hydrogen (secondary N) is 2. The Hall–Kier alpha value is -3.34. The van der Waals surface area contributed by atoms with E-state index in [0.717, 1.165) is 34.4 Å². The highest BCUT2D eigenvalue weighted by molar-refractivity contribution is 6.01. The van der Waals surface area contributed by atoms with Crippen LogP contribution in [0.1, 0.15) is 16.8 Å². The summed E-state index contributed by atoms with van der Waals surface area (Å²) in [6, 6.07) is 16.0. The van der Waals surface area contributed by atoms with E-state index in [0.29, 0.717) is 0 Å². The van der Waals surface area contributed by atoms with Crippen LogP contribution in [0.3, 0.4) is 0 Å². The second kappa shape index (κ2) is 8.36. The molecule has 0 fully saturated rings. The Morgan fingerprint density at radius 3 is 2.63 bits per heavy atom. The van der Waals surface area contributed by atoms with Gasteiger partial charge in [-0.2, -0.15) is 5.10 Å². The first kappa shape index (κ1) is 18.5. The van der Waals surface area contributed by atoms with Gasteiger partial charge in [0.15, 0.2) is 0 Å². The molecule has 27 heavy (non-hydrogen) atoms.